The Morgan fingerprint density at radius 3 is 2.81 bits per heavy atom. The highest BCUT2D eigenvalue weighted by atomic mass is 32.1. The molecule has 21 heavy (non-hydrogen) atoms. The number of hydrogen-bond acceptors (Lipinski definition) is 4. The number of nitrogens with zero attached hydrogens (tertiary/aromatic N) is 1. The van der Waals surface area contributed by atoms with Crippen LogP contribution >= 0.6 is 12.2 Å². The van der Waals surface area contributed by atoms with Crippen LogP contribution in [0.5, 0.6) is 0 Å². The van der Waals surface area contributed by atoms with Crippen molar-refractivity contribution in [3.63, 3.8) is 0 Å². The van der Waals surface area contributed by atoms with Gasteiger partial charge in [-0.2, -0.15) is 0 Å². The van der Waals surface area contributed by atoms with Crippen molar-refractivity contribution in [1.82, 2.24) is 21.1 Å². The summed E-state index contributed by atoms with van der Waals surface area (Å²) in [5, 5.41) is 3.51. The first-order valence-corrected chi connectivity index (χ1v) is 7.49. The summed E-state index contributed by atoms with van der Waals surface area (Å²) in [5.41, 5.74) is 8.21. The summed E-state index contributed by atoms with van der Waals surface area (Å²) >= 11 is 5.18. The van der Waals surface area contributed by atoms with E-state index < -0.39 is 0 Å². The zero-order valence-electron chi connectivity index (χ0n) is 11.8. The summed E-state index contributed by atoms with van der Waals surface area (Å²) < 4.78 is 0. The number of amides is 1. The number of rotatable bonds is 3. The Morgan fingerprint density at radius 1 is 1.38 bits per heavy atom. The Morgan fingerprint density at radius 2 is 2.14 bits per heavy atom. The molecule has 0 spiro atoms. The molecule has 0 bridgehead atoms. The zero-order chi connectivity index (χ0) is 14.8. The summed E-state index contributed by atoms with van der Waals surface area (Å²) in [7, 11) is 0. The number of benzene rings is 1. The van der Waals surface area contributed by atoms with Crippen molar-refractivity contribution >= 4 is 23.2 Å². The van der Waals surface area contributed by atoms with Gasteiger partial charge in [0.2, 0.25) is 0 Å². The monoisotopic (exact) mass is 302 g/mol. The standard InChI is InChI=1S/C15H18N4OS/c1-2-19-14(20)12(17-15(19)21)8-11-9-16-18-13(11)10-6-4-3-5-7-10/h3-8,11,13,16,18H,2,9H2,1H3,(H,17,21)/b12-8+. The first-order chi connectivity index (χ1) is 10.2. The third-order valence-corrected chi connectivity index (χ3v) is 4.16. The summed E-state index contributed by atoms with van der Waals surface area (Å²) in [5.74, 6) is 0.152. The largest absolute Gasteiger partial charge is 0.328 e. The number of nitrogens with one attached hydrogen (secondary N) is 3. The van der Waals surface area contributed by atoms with E-state index in [0.717, 1.165) is 6.54 Å². The Hall–Kier alpha value is -1.76. The number of carbonyl (C=O) groups excluding carboxylic acids is 1. The lowest BCUT2D eigenvalue weighted by molar-refractivity contribution is -0.122. The van der Waals surface area contributed by atoms with E-state index >= 15 is 0 Å². The Bertz CT molecular complexity index is 587. The van der Waals surface area contributed by atoms with Gasteiger partial charge in [0.05, 0.1) is 6.04 Å². The van der Waals surface area contributed by atoms with Gasteiger partial charge >= 0.3 is 0 Å². The van der Waals surface area contributed by atoms with Crippen LogP contribution in [0.4, 0.5) is 0 Å². The number of thiocarbonyl (C=S) groups is 1. The summed E-state index contributed by atoms with van der Waals surface area (Å²) in [6.07, 6.45) is 1.98. The van der Waals surface area contributed by atoms with Crippen LogP contribution in [0.3, 0.4) is 0 Å². The molecule has 6 heteroatoms. The minimum absolute atomic E-state index is 0.0405. The fourth-order valence-corrected chi connectivity index (χ4v) is 3.07. The molecule has 2 atom stereocenters. The molecule has 2 aliphatic heterocycles. The van der Waals surface area contributed by atoms with E-state index in [1.165, 1.54) is 5.56 Å². The first kappa shape index (κ1) is 14.2. The highest BCUT2D eigenvalue weighted by Gasteiger charge is 2.33. The lowest BCUT2D eigenvalue weighted by atomic mass is 9.94. The lowest BCUT2D eigenvalue weighted by Crippen LogP contribution is -2.30. The number of hydrazine groups is 1. The van der Waals surface area contributed by atoms with Gasteiger partial charge in [-0.1, -0.05) is 30.3 Å². The van der Waals surface area contributed by atoms with E-state index in [4.69, 9.17) is 12.2 Å². The molecule has 1 aromatic rings. The van der Waals surface area contributed by atoms with E-state index in [0.29, 0.717) is 17.4 Å². The molecule has 2 unspecified atom stereocenters. The second kappa shape index (κ2) is 5.93. The molecule has 2 aliphatic rings. The van der Waals surface area contributed by atoms with Crippen LogP contribution in [-0.4, -0.2) is 29.0 Å². The maximum atomic E-state index is 12.2. The lowest BCUT2D eigenvalue weighted by Gasteiger charge is -2.16. The molecule has 110 valence electrons. The SMILES string of the molecule is CCN1C(=O)/C(=C\C2CNNC2c2ccccc2)NC1=S. The number of hydrogen-bond donors (Lipinski definition) is 3. The van der Waals surface area contributed by atoms with E-state index in [9.17, 15) is 4.79 Å². The molecule has 0 saturated carbocycles. The molecule has 2 heterocycles. The van der Waals surface area contributed by atoms with Crippen LogP contribution < -0.4 is 16.2 Å². The normalized spacial score (nSPS) is 27.5. The van der Waals surface area contributed by atoms with Gasteiger partial charge in [-0.3, -0.25) is 15.1 Å². The van der Waals surface area contributed by atoms with Crippen LogP contribution in [0, 0.1) is 5.92 Å². The van der Waals surface area contributed by atoms with Crippen molar-refractivity contribution in [3.05, 3.63) is 47.7 Å². The van der Waals surface area contributed by atoms with Gasteiger partial charge in [-0.05, 0) is 30.8 Å². The van der Waals surface area contributed by atoms with Crippen molar-refractivity contribution in [2.24, 2.45) is 5.92 Å². The van der Waals surface area contributed by atoms with Crippen molar-refractivity contribution in [1.29, 1.82) is 0 Å². The van der Waals surface area contributed by atoms with Gasteiger partial charge in [0.15, 0.2) is 5.11 Å². The molecule has 2 saturated heterocycles. The molecule has 3 N–H and O–H groups in total. The van der Waals surface area contributed by atoms with Crippen LogP contribution in [0.2, 0.25) is 0 Å². The highest BCUT2D eigenvalue weighted by molar-refractivity contribution is 7.80. The fraction of sp³-hybridized carbons (Fsp3) is 0.333. The van der Waals surface area contributed by atoms with Gasteiger partial charge in [-0.15, -0.1) is 0 Å². The van der Waals surface area contributed by atoms with Gasteiger partial charge < -0.3 is 5.32 Å². The minimum atomic E-state index is -0.0405. The van der Waals surface area contributed by atoms with E-state index in [1.807, 2.05) is 31.2 Å². The maximum Gasteiger partial charge on any atom is 0.276 e. The van der Waals surface area contributed by atoms with Crippen LogP contribution in [0.25, 0.3) is 0 Å². The van der Waals surface area contributed by atoms with Crippen molar-refractivity contribution < 1.29 is 4.79 Å². The summed E-state index contributed by atoms with van der Waals surface area (Å²) in [4.78, 5) is 13.8. The van der Waals surface area contributed by atoms with Gasteiger partial charge in [0.1, 0.15) is 5.70 Å². The third kappa shape index (κ3) is 2.70. The quantitative estimate of drug-likeness (QED) is 0.576. The maximum absolute atomic E-state index is 12.2. The van der Waals surface area contributed by atoms with E-state index in [-0.39, 0.29) is 17.9 Å². The zero-order valence-corrected chi connectivity index (χ0v) is 12.6. The third-order valence-electron chi connectivity index (χ3n) is 3.84. The average Bonchev–Trinajstić information content (AvgIpc) is 3.06. The van der Waals surface area contributed by atoms with Crippen LogP contribution in [0.15, 0.2) is 42.1 Å². The van der Waals surface area contributed by atoms with E-state index in [2.05, 4.69) is 28.3 Å². The molecule has 0 radical (unpaired) electrons. The molecule has 3 rings (SSSR count). The molecular formula is C15H18N4OS. The smallest absolute Gasteiger partial charge is 0.276 e. The predicted octanol–water partition coefficient (Wildman–Crippen LogP) is 1.07. The first-order valence-electron chi connectivity index (χ1n) is 7.08. The van der Waals surface area contributed by atoms with Crippen LogP contribution in [-0.2, 0) is 4.79 Å². The molecular weight excluding hydrogens is 284 g/mol. The minimum Gasteiger partial charge on any atom is -0.328 e. The van der Waals surface area contributed by atoms with Gasteiger partial charge in [0, 0.05) is 19.0 Å². The Balaban J connectivity index is 1.82. The Labute approximate surface area is 129 Å². The molecule has 2 fully saturated rings. The van der Waals surface area contributed by atoms with Gasteiger partial charge in [-0.25, -0.2) is 5.43 Å². The molecule has 0 aromatic heterocycles. The number of carbonyl (C=O) groups is 1. The summed E-state index contributed by atoms with van der Waals surface area (Å²) in [6, 6.07) is 10.4. The van der Waals surface area contributed by atoms with Crippen molar-refractivity contribution in [2.75, 3.05) is 13.1 Å². The predicted molar refractivity (Wildman–Crippen MR) is 85.0 cm³/mol. The topological polar surface area (TPSA) is 56.4 Å². The van der Waals surface area contributed by atoms with Crippen molar-refractivity contribution in [3.8, 4) is 0 Å². The van der Waals surface area contributed by atoms with E-state index in [1.54, 1.807) is 4.90 Å². The fourth-order valence-electron chi connectivity index (χ4n) is 2.75. The van der Waals surface area contributed by atoms with Gasteiger partial charge in [0.25, 0.3) is 5.91 Å². The second-order valence-corrected chi connectivity index (χ2v) is 5.52. The molecule has 1 amide bonds. The average molecular weight is 302 g/mol. The Kier molecular flexibility index (Phi) is 4.01. The molecule has 5 nitrogen and oxygen atoms in total. The summed E-state index contributed by atoms with van der Waals surface area (Å²) in [6.45, 7) is 3.28. The number of likely N-dealkylation sites (N-methyl/N-ethyl adjacent to an activating group) is 1. The molecule has 1 aromatic carbocycles. The highest BCUT2D eigenvalue weighted by Crippen LogP contribution is 2.27. The second-order valence-electron chi connectivity index (χ2n) is 5.14. The van der Waals surface area contributed by atoms with Crippen molar-refractivity contribution in [2.45, 2.75) is 13.0 Å². The van der Waals surface area contributed by atoms with Crippen LogP contribution in [0.1, 0.15) is 18.5 Å². The molecule has 0 aliphatic carbocycles.